The van der Waals surface area contributed by atoms with Crippen LogP contribution in [-0.4, -0.2) is 84.5 Å². The van der Waals surface area contributed by atoms with Gasteiger partial charge in [-0.05, 0) is 99.8 Å². The normalized spacial score (nSPS) is 19.4. The average molecular weight is 682 g/mol. The molecule has 4 N–H and O–H groups in total. The van der Waals surface area contributed by atoms with E-state index in [-0.39, 0.29) is 37.3 Å². The Morgan fingerprint density at radius 3 is 2.16 bits per heavy atom. The van der Waals surface area contributed by atoms with Crippen LogP contribution in [0.15, 0.2) is 66.7 Å². The van der Waals surface area contributed by atoms with E-state index in [0.717, 1.165) is 12.8 Å². The molecule has 1 heterocycles. The molecule has 0 unspecified atom stereocenters. The number of benzene rings is 3. The number of halogens is 2. The third-order valence-corrected chi connectivity index (χ3v) is 8.31. The van der Waals surface area contributed by atoms with Gasteiger partial charge in [-0.25, -0.2) is 18.4 Å². The number of fused-ring (bicyclic) bond motifs is 1. The van der Waals surface area contributed by atoms with Gasteiger partial charge < -0.3 is 40.3 Å². The van der Waals surface area contributed by atoms with E-state index in [9.17, 15) is 28.3 Å². The summed E-state index contributed by atoms with van der Waals surface area (Å²) in [5.41, 5.74) is 1.36. The van der Waals surface area contributed by atoms with Crippen molar-refractivity contribution in [1.29, 1.82) is 0 Å². The maximum atomic E-state index is 14.3. The molecule has 1 aliphatic heterocycles. The molecule has 11 nitrogen and oxygen atoms in total. The third-order valence-electron chi connectivity index (χ3n) is 8.31. The summed E-state index contributed by atoms with van der Waals surface area (Å²) in [6.45, 7) is 6.07. The molecule has 0 bridgehead atoms. The number of urea groups is 2. The van der Waals surface area contributed by atoms with Crippen LogP contribution in [0.2, 0.25) is 0 Å². The minimum atomic E-state index is -0.591. The highest BCUT2D eigenvalue weighted by atomic mass is 19.1. The Labute approximate surface area is 285 Å². The van der Waals surface area contributed by atoms with Gasteiger partial charge in [0.1, 0.15) is 17.4 Å². The van der Waals surface area contributed by atoms with E-state index < -0.39 is 41.7 Å². The van der Waals surface area contributed by atoms with Crippen molar-refractivity contribution in [3.05, 3.63) is 83.9 Å². The molecule has 0 saturated heterocycles. The predicted molar refractivity (Wildman–Crippen MR) is 184 cm³/mol. The Hall–Kier alpha value is -4.75. The van der Waals surface area contributed by atoms with E-state index in [1.807, 2.05) is 13.8 Å². The van der Waals surface area contributed by atoms with Crippen LogP contribution in [0.25, 0.3) is 0 Å². The molecule has 0 saturated carbocycles. The SMILES string of the molecule is C[C@@H]1CCCCO[C@@H](CN(C)C(=O)Nc2ccc(F)cc2)[C@@H](C)CN([C@@H](C)CO)C(=O)c2cc(NC(=O)Nc3ccc(F)cc3)ccc2O1. The minimum Gasteiger partial charge on any atom is -0.490 e. The second kappa shape index (κ2) is 17.6. The van der Waals surface area contributed by atoms with E-state index >= 15 is 0 Å². The fraction of sp³-hybridized carbons (Fsp3) is 0.417. The molecular weight excluding hydrogens is 636 g/mol. The molecule has 49 heavy (non-hydrogen) atoms. The number of rotatable bonds is 7. The van der Waals surface area contributed by atoms with Gasteiger partial charge in [0.15, 0.2) is 0 Å². The molecule has 3 aromatic carbocycles. The first-order valence-electron chi connectivity index (χ1n) is 16.4. The van der Waals surface area contributed by atoms with Crippen LogP contribution in [0, 0.1) is 17.6 Å². The van der Waals surface area contributed by atoms with Gasteiger partial charge >= 0.3 is 12.1 Å². The molecule has 13 heteroatoms. The van der Waals surface area contributed by atoms with Gasteiger partial charge in [0.2, 0.25) is 0 Å². The first-order chi connectivity index (χ1) is 23.4. The van der Waals surface area contributed by atoms with Crippen LogP contribution in [0.3, 0.4) is 0 Å². The number of aliphatic hydroxyl groups excluding tert-OH is 1. The highest BCUT2D eigenvalue weighted by molar-refractivity contribution is 6.02. The van der Waals surface area contributed by atoms with Gasteiger partial charge in [0, 0.05) is 49.7 Å². The van der Waals surface area contributed by atoms with Crippen molar-refractivity contribution in [2.24, 2.45) is 5.92 Å². The Balaban J connectivity index is 1.57. The lowest BCUT2D eigenvalue weighted by Crippen LogP contribution is -2.48. The second-order valence-electron chi connectivity index (χ2n) is 12.4. The first kappa shape index (κ1) is 37.1. The fourth-order valence-corrected chi connectivity index (χ4v) is 5.39. The van der Waals surface area contributed by atoms with E-state index in [1.165, 1.54) is 59.5 Å². The fourth-order valence-electron chi connectivity index (χ4n) is 5.39. The quantitative estimate of drug-likeness (QED) is 0.223. The first-order valence-corrected chi connectivity index (χ1v) is 16.4. The van der Waals surface area contributed by atoms with Gasteiger partial charge in [0.25, 0.3) is 5.91 Å². The number of amides is 5. The number of carbonyl (C=O) groups is 3. The summed E-state index contributed by atoms with van der Waals surface area (Å²) >= 11 is 0. The summed E-state index contributed by atoms with van der Waals surface area (Å²) in [6, 6.07) is 14.0. The maximum Gasteiger partial charge on any atom is 0.323 e. The molecular formula is C36H45F2N5O6. The standard InChI is InChI=1S/C36H45F2N5O6/c1-23-20-43(24(2)22-44)34(45)31-19-30(40-35(46)39-28-12-8-26(37)9-13-28)16-17-32(31)49-25(3)7-5-6-18-48-33(23)21-42(4)36(47)41-29-14-10-27(38)11-15-29/h8-17,19,23-25,33,44H,5-7,18,20-22H2,1-4H3,(H,41,47)(H2,39,40,46)/t23-,24-,25+,33-/m0/s1. The van der Waals surface area contributed by atoms with Crippen LogP contribution in [0.4, 0.5) is 35.4 Å². The summed E-state index contributed by atoms with van der Waals surface area (Å²) in [7, 11) is 1.63. The number of nitrogens with zero attached hydrogens (tertiary/aromatic N) is 2. The summed E-state index contributed by atoms with van der Waals surface area (Å²) in [5, 5.41) is 18.3. The number of ether oxygens (including phenoxy) is 2. The van der Waals surface area contributed by atoms with Crippen molar-refractivity contribution in [2.75, 3.05) is 49.3 Å². The largest absolute Gasteiger partial charge is 0.490 e. The monoisotopic (exact) mass is 681 g/mol. The molecule has 4 atom stereocenters. The van der Waals surface area contributed by atoms with Crippen LogP contribution >= 0.6 is 0 Å². The molecule has 264 valence electrons. The van der Waals surface area contributed by atoms with Crippen LogP contribution in [0.5, 0.6) is 5.75 Å². The summed E-state index contributed by atoms with van der Waals surface area (Å²) in [4.78, 5) is 43.1. The Morgan fingerprint density at radius 1 is 0.939 bits per heavy atom. The highest BCUT2D eigenvalue weighted by Gasteiger charge is 2.31. The van der Waals surface area contributed by atoms with Gasteiger partial charge in [-0.3, -0.25) is 4.79 Å². The van der Waals surface area contributed by atoms with Gasteiger partial charge in [-0.1, -0.05) is 6.92 Å². The Bertz CT molecular complexity index is 1560. The number of anilines is 3. The summed E-state index contributed by atoms with van der Waals surface area (Å²) in [5.74, 6) is -1.21. The van der Waals surface area contributed by atoms with Crippen molar-refractivity contribution >= 4 is 35.0 Å². The lowest BCUT2D eigenvalue weighted by atomic mass is 10.0. The minimum absolute atomic E-state index is 0.177. The van der Waals surface area contributed by atoms with Crippen LogP contribution < -0.4 is 20.7 Å². The second-order valence-corrected chi connectivity index (χ2v) is 12.4. The molecule has 0 radical (unpaired) electrons. The van der Waals surface area contributed by atoms with Crippen molar-refractivity contribution in [3.63, 3.8) is 0 Å². The van der Waals surface area contributed by atoms with Crippen LogP contribution in [0.1, 0.15) is 50.4 Å². The molecule has 4 rings (SSSR count). The van der Waals surface area contributed by atoms with Crippen molar-refractivity contribution in [3.8, 4) is 5.75 Å². The highest BCUT2D eigenvalue weighted by Crippen LogP contribution is 2.29. The zero-order valence-electron chi connectivity index (χ0n) is 28.2. The molecule has 5 amide bonds. The van der Waals surface area contributed by atoms with E-state index in [0.29, 0.717) is 35.8 Å². The van der Waals surface area contributed by atoms with Crippen LogP contribution in [-0.2, 0) is 4.74 Å². The third kappa shape index (κ3) is 10.9. The zero-order valence-corrected chi connectivity index (χ0v) is 28.2. The maximum absolute atomic E-state index is 14.3. The molecule has 0 fully saturated rings. The summed E-state index contributed by atoms with van der Waals surface area (Å²) in [6.07, 6.45) is 1.52. The molecule has 0 spiro atoms. The smallest absolute Gasteiger partial charge is 0.323 e. The van der Waals surface area contributed by atoms with Gasteiger partial charge in [0.05, 0.1) is 30.4 Å². The molecule has 3 aromatic rings. The lowest BCUT2D eigenvalue weighted by molar-refractivity contribution is -0.0115. The number of aliphatic hydroxyl groups is 1. The van der Waals surface area contributed by atoms with E-state index in [2.05, 4.69) is 16.0 Å². The van der Waals surface area contributed by atoms with Gasteiger partial charge in [-0.2, -0.15) is 0 Å². The predicted octanol–water partition coefficient (Wildman–Crippen LogP) is 6.57. The van der Waals surface area contributed by atoms with Crippen molar-refractivity contribution < 1.29 is 37.7 Å². The molecule has 1 aliphatic rings. The van der Waals surface area contributed by atoms with Gasteiger partial charge in [-0.15, -0.1) is 0 Å². The Kier molecular flexibility index (Phi) is 13.3. The van der Waals surface area contributed by atoms with Crippen molar-refractivity contribution in [2.45, 2.75) is 58.3 Å². The Morgan fingerprint density at radius 2 is 1.53 bits per heavy atom. The number of hydrogen-bond donors (Lipinski definition) is 4. The van der Waals surface area contributed by atoms with E-state index in [4.69, 9.17) is 9.47 Å². The van der Waals surface area contributed by atoms with E-state index in [1.54, 1.807) is 31.0 Å². The summed E-state index contributed by atoms with van der Waals surface area (Å²) < 4.78 is 39.2. The zero-order chi connectivity index (χ0) is 35.5. The number of carbonyl (C=O) groups excluding carboxylic acids is 3. The number of hydrogen-bond acceptors (Lipinski definition) is 6. The topological polar surface area (TPSA) is 132 Å². The molecule has 0 aliphatic carbocycles. The average Bonchev–Trinajstić information content (AvgIpc) is 3.07. The number of likely N-dealkylation sites (N-methyl/N-ethyl adjacent to an activating group) is 1. The lowest BCUT2D eigenvalue weighted by Gasteiger charge is -2.35. The molecule has 0 aromatic heterocycles. The van der Waals surface area contributed by atoms with Crippen molar-refractivity contribution in [1.82, 2.24) is 9.80 Å². The number of nitrogens with one attached hydrogen (secondary N) is 3.